The Morgan fingerprint density at radius 3 is 2.39 bits per heavy atom. The summed E-state index contributed by atoms with van der Waals surface area (Å²) >= 11 is 0. The maximum atomic E-state index is 6.65. The van der Waals surface area contributed by atoms with Gasteiger partial charge in [-0.1, -0.05) is 20.8 Å². The molecule has 4 heteroatoms. The summed E-state index contributed by atoms with van der Waals surface area (Å²) in [6.07, 6.45) is 4.24. The van der Waals surface area contributed by atoms with E-state index in [1.165, 1.54) is 19.3 Å². The van der Waals surface area contributed by atoms with Gasteiger partial charge in [-0.25, -0.2) is 0 Å². The molecule has 2 rings (SSSR count). The molecule has 3 nitrogen and oxygen atoms in total. The fourth-order valence-electron chi connectivity index (χ4n) is 2.84. The van der Waals surface area contributed by atoms with Crippen LogP contribution >= 0.6 is 0 Å². The van der Waals surface area contributed by atoms with E-state index in [1.54, 1.807) is 0 Å². The van der Waals surface area contributed by atoms with Gasteiger partial charge in [0.15, 0.2) is 8.32 Å². The molecule has 2 aliphatic rings. The highest BCUT2D eigenvalue weighted by molar-refractivity contribution is 6.74. The molecule has 0 aromatic carbocycles. The Kier molecular flexibility index (Phi) is 4.22. The van der Waals surface area contributed by atoms with Crippen molar-refractivity contribution in [2.45, 2.75) is 76.4 Å². The zero-order valence-electron chi connectivity index (χ0n) is 12.7. The Morgan fingerprint density at radius 2 is 1.72 bits per heavy atom. The summed E-state index contributed by atoms with van der Waals surface area (Å²) in [5.74, 6) is 0. The van der Waals surface area contributed by atoms with Crippen molar-refractivity contribution in [3.8, 4) is 0 Å². The van der Waals surface area contributed by atoms with Crippen LogP contribution in [0.5, 0.6) is 0 Å². The van der Waals surface area contributed by atoms with Gasteiger partial charge in [-0.15, -0.1) is 0 Å². The molecular weight excluding hydrogens is 240 g/mol. The van der Waals surface area contributed by atoms with E-state index in [-0.39, 0.29) is 0 Å². The summed E-state index contributed by atoms with van der Waals surface area (Å²) in [6, 6.07) is 1.16. The predicted octanol–water partition coefficient (Wildman–Crippen LogP) is 2.49. The highest BCUT2D eigenvalue weighted by Gasteiger charge is 2.43. The van der Waals surface area contributed by atoms with Crippen LogP contribution in [0, 0.1) is 0 Å². The molecule has 2 N–H and O–H groups in total. The molecule has 2 fully saturated rings. The smallest absolute Gasteiger partial charge is 0.192 e. The molecular formula is C14H30N2OSi. The van der Waals surface area contributed by atoms with E-state index >= 15 is 0 Å². The first-order valence-corrected chi connectivity index (χ1v) is 10.4. The van der Waals surface area contributed by atoms with Crippen molar-refractivity contribution >= 4 is 8.32 Å². The Bertz CT molecular complexity index is 286. The number of hydrogen-bond donors (Lipinski definition) is 2. The third kappa shape index (κ3) is 2.98. The van der Waals surface area contributed by atoms with Crippen LogP contribution in [0.2, 0.25) is 18.1 Å². The van der Waals surface area contributed by atoms with Gasteiger partial charge in [0.1, 0.15) is 0 Å². The number of fused-ring (bicyclic) bond motifs is 1. The maximum absolute atomic E-state index is 6.65. The summed E-state index contributed by atoms with van der Waals surface area (Å²) in [6.45, 7) is 13.9. The first-order valence-electron chi connectivity index (χ1n) is 7.46. The van der Waals surface area contributed by atoms with Gasteiger partial charge in [0.2, 0.25) is 0 Å². The van der Waals surface area contributed by atoms with Crippen LogP contribution in [0.25, 0.3) is 0 Å². The second kappa shape index (κ2) is 5.23. The van der Waals surface area contributed by atoms with E-state index in [9.17, 15) is 0 Å². The van der Waals surface area contributed by atoms with Gasteiger partial charge in [-0.2, -0.15) is 0 Å². The summed E-state index contributed by atoms with van der Waals surface area (Å²) < 4.78 is 6.65. The SMILES string of the molecule is CC(C)(C)[Si](C)(C)OC1CCCC2NCCNC21. The number of hydrogen-bond acceptors (Lipinski definition) is 3. The number of nitrogens with one attached hydrogen (secondary N) is 2. The summed E-state index contributed by atoms with van der Waals surface area (Å²) in [5, 5.41) is 7.64. The Morgan fingerprint density at radius 1 is 1.06 bits per heavy atom. The van der Waals surface area contributed by atoms with Gasteiger partial charge in [-0.05, 0) is 37.4 Å². The van der Waals surface area contributed by atoms with Gasteiger partial charge in [0.25, 0.3) is 0 Å². The van der Waals surface area contributed by atoms with E-state index in [2.05, 4.69) is 44.5 Å². The highest BCUT2D eigenvalue weighted by atomic mass is 28.4. The van der Waals surface area contributed by atoms with E-state index in [1.807, 2.05) is 0 Å². The first-order chi connectivity index (χ1) is 8.31. The van der Waals surface area contributed by atoms with Gasteiger partial charge in [0, 0.05) is 25.2 Å². The number of piperazine rings is 1. The quantitative estimate of drug-likeness (QED) is 0.756. The van der Waals surface area contributed by atoms with Crippen molar-refractivity contribution in [1.29, 1.82) is 0 Å². The lowest BCUT2D eigenvalue weighted by Crippen LogP contribution is -2.64. The topological polar surface area (TPSA) is 33.3 Å². The Labute approximate surface area is 113 Å². The van der Waals surface area contributed by atoms with E-state index in [4.69, 9.17) is 4.43 Å². The molecule has 3 unspecified atom stereocenters. The van der Waals surface area contributed by atoms with Gasteiger partial charge >= 0.3 is 0 Å². The average Bonchev–Trinajstić information content (AvgIpc) is 2.27. The molecule has 1 aliphatic carbocycles. The fraction of sp³-hybridized carbons (Fsp3) is 1.00. The van der Waals surface area contributed by atoms with Crippen molar-refractivity contribution in [1.82, 2.24) is 10.6 Å². The Balaban J connectivity index is 2.03. The third-order valence-corrected chi connectivity index (χ3v) is 9.51. The van der Waals surface area contributed by atoms with Crippen LogP contribution in [0.15, 0.2) is 0 Å². The zero-order valence-corrected chi connectivity index (χ0v) is 13.7. The molecule has 1 saturated carbocycles. The maximum Gasteiger partial charge on any atom is 0.192 e. The van der Waals surface area contributed by atoms with Gasteiger partial charge in [0.05, 0.1) is 6.10 Å². The number of rotatable bonds is 2. The molecule has 3 atom stereocenters. The van der Waals surface area contributed by atoms with Gasteiger partial charge in [-0.3, -0.25) is 0 Å². The third-order valence-electron chi connectivity index (χ3n) is 5.00. The van der Waals surface area contributed by atoms with Crippen molar-refractivity contribution < 1.29 is 4.43 Å². The standard InChI is InChI=1S/C14H30N2OSi/c1-14(2,3)18(4,5)17-12-8-6-7-11-13(12)16-10-9-15-11/h11-13,15-16H,6-10H2,1-5H3. The monoisotopic (exact) mass is 270 g/mol. The normalized spacial score (nSPS) is 34.2. The van der Waals surface area contributed by atoms with Crippen LogP contribution in [-0.4, -0.2) is 39.6 Å². The minimum absolute atomic E-state index is 0.308. The molecule has 18 heavy (non-hydrogen) atoms. The van der Waals surface area contributed by atoms with Crippen LogP contribution in [0.4, 0.5) is 0 Å². The lowest BCUT2D eigenvalue weighted by molar-refractivity contribution is 0.0687. The molecule has 0 radical (unpaired) electrons. The zero-order chi connectivity index (χ0) is 13.4. The van der Waals surface area contributed by atoms with Gasteiger partial charge < -0.3 is 15.1 Å². The highest BCUT2D eigenvalue weighted by Crippen LogP contribution is 2.39. The molecule has 0 aromatic rings. The minimum Gasteiger partial charge on any atom is -0.412 e. The van der Waals surface area contributed by atoms with Crippen molar-refractivity contribution in [3.63, 3.8) is 0 Å². The van der Waals surface area contributed by atoms with Crippen LogP contribution < -0.4 is 10.6 Å². The molecule has 1 aliphatic heterocycles. The minimum atomic E-state index is -1.64. The van der Waals surface area contributed by atoms with Crippen molar-refractivity contribution in [2.75, 3.05) is 13.1 Å². The fourth-order valence-corrected chi connectivity index (χ4v) is 4.22. The molecule has 0 aromatic heterocycles. The molecule has 0 bridgehead atoms. The molecule has 0 amide bonds. The second-order valence-corrected chi connectivity index (χ2v) is 12.1. The van der Waals surface area contributed by atoms with Crippen LogP contribution in [-0.2, 0) is 4.43 Å². The summed E-state index contributed by atoms with van der Waals surface area (Å²) in [4.78, 5) is 0. The summed E-state index contributed by atoms with van der Waals surface area (Å²) in [5.41, 5.74) is 0. The second-order valence-electron chi connectivity index (χ2n) is 7.39. The largest absolute Gasteiger partial charge is 0.412 e. The molecule has 1 saturated heterocycles. The van der Waals surface area contributed by atoms with Crippen molar-refractivity contribution in [2.24, 2.45) is 0 Å². The lowest BCUT2D eigenvalue weighted by Gasteiger charge is -2.47. The van der Waals surface area contributed by atoms with Crippen LogP contribution in [0.1, 0.15) is 40.0 Å². The molecule has 0 spiro atoms. The Hall–Kier alpha value is 0.0969. The predicted molar refractivity (Wildman–Crippen MR) is 79.5 cm³/mol. The van der Waals surface area contributed by atoms with E-state index in [0.717, 1.165) is 13.1 Å². The van der Waals surface area contributed by atoms with E-state index in [0.29, 0.717) is 23.2 Å². The van der Waals surface area contributed by atoms with E-state index < -0.39 is 8.32 Å². The lowest BCUT2D eigenvalue weighted by atomic mass is 9.87. The first kappa shape index (κ1) is 14.5. The summed E-state index contributed by atoms with van der Waals surface area (Å²) in [7, 11) is -1.64. The average molecular weight is 270 g/mol. The van der Waals surface area contributed by atoms with Crippen molar-refractivity contribution in [3.05, 3.63) is 0 Å². The van der Waals surface area contributed by atoms with Crippen LogP contribution in [0.3, 0.4) is 0 Å². The molecule has 1 heterocycles. The molecule has 106 valence electrons.